The van der Waals surface area contributed by atoms with Crippen molar-refractivity contribution < 1.29 is 0 Å². The maximum Gasteiger partial charge on any atom is 0.191 e. The van der Waals surface area contributed by atoms with Gasteiger partial charge in [0.2, 0.25) is 0 Å². The molecule has 26 heavy (non-hydrogen) atoms. The van der Waals surface area contributed by atoms with Crippen molar-refractivity contribution in [2.75, 3.05) is 26.7 Å². The molecule has 1 saturated heterocycles. The summed E-state index contributed by atoms with van der Waals surface area (Å²) in [6, 6.07) is 3.36. The molecule has 0 radical (unpaired) electrons. The van der Waals surface area contributed by atoms with Crippen LogP contribution in [0.3, 0.4) is 0 Å². The second-order valence-electron chi connectivity index (χ2n) is 7.37. The number of nitrogens with one attached hydrogen (secondary N) is 2. The van der Waals surface area contributed by atoms with Gasteiger partial charge < -0.3 is 15.5 Å². The Morgan fingerprint density at radius 1 is 1.15 bits per heavy atom. The van der Waals surface area contributed by atoms with Crippen LogP contribution in [0.15, 0.2) is 23.5 Å². The largest absolute Gasteiger partial charge is 0.356 e. The van der Waals surface area contributed by atoms with Crippen molar-refractivity contribution in [3.8, 4) is 0 Å². The number of aryl methyl sites for hydroxylation is 1. The highest BCUT2D eigenvalue weighted by molar-refractivity contribution is 14.0. The number of likely N-dealkylation sites (tertiary alicyclic amines) is 1. The first-order valence-electron chi connectivity index (χ1n) is 10.0. The van der Waals surface area contributed by atoms with Crippen molar-refractivity contribution in [1.29, 1.82) is 0 Å². The standard InChI is InChI=1S/C19H34N6.HI/c1-20-19(21-11-5-15-25-16-6-12-22-25)23-17-7-9-18(10-8-17)24-13-3-2-4-14-24;/h6,12,16-18H,2-5,7-11,13-15H2,1H3,(H2,20,21,23);1H. The van der Waals surface area contributed by atoms with Crippen LogP contribution in [0.5, 0.6) is 0 Å². The van der Waals surface area contributed by atoms with E-state index in [0.717, 1.165) is 31.5 Å². The molecule has 148 valence electrons. The summed E-state index contributed by atoms with van der Waals surface area (Å²) in [5.41, 5.74) is 0. The number of hydrogen-bond acceptors (Lipinski definition) is 3. The van der Waals surface area contributed by atoms with Gasteiger partial charge in [-0.05, 0) is 64.1 Å². The van der Waals surface area contributed by atoms with E-state index in [1.54, 1.807) is 0 Å². The van der Waals surface area contributed by atoms with Crippen LogP contribution in [-0.2, 0) is 6.54 Å². The Bertz CT molecular complexity index is 504. The van der Waals surface area contributed by atoms with E-state index in [9.17, 15) is 0 Å². The van der Waals surface area contributed by atoms with Gasteiger partial charge in [0.1, 0.15) is 0 Å². The number of nitrogens with zero attached hydrogens (tertiary/aromatic N) is 4. The van der Waals surface area contributed by atoms with E-state index in [4.69, 9.17) is 0 Å². The Labute approximate surface area is 175 Å². The van der Waals surface area contributed by atoms with Gasteiger partial charge in [-0.1, -0.05) is 6.42 Å². The van der Waals surface area contributed by atoms with Crippen LogP contribution in [0, 0.1) is 0 Å². The molecule has 0 unspecified atom stereocenters. The molecule has 0 bridgehead atoms. The molecule has 3 rings (SSSR count). The topological polar surface area (TPSA) is 57.5 Å². The van der Waals surface area contributed by atoms with E-state index in [-0.39, 0.29) is 24.0 Å². The summed E-state index contributed by atoms with van der Waals surface area (Å²) < 4.78 is 1.97. The minimum atomic E-state index is 0. The SMILES string of the molecule is CN=C(NCCCn1cccn1)NC1CCC(N2CCCCC2)CC1.I. The van der Waals surface area contributed by atoms with Crippen molar-refractivity contribution in [3.63, 3.8) is 0 Å². The molecule has 1 aliphatic carbocycles. The molecule has 1 saturated carbocycles. The normalized spacial score (nSPS) is 24.7. The number of halogens is 1. The Hall–Kier alpha value is -0.830. The fourth-order valence-corrected chi connectivity index (χ4v) is 4.14. The van der Waals surface area contributed by atoms with Crippen molar-refractivity contribution in [3.05, 3.63) is 18.5 Å². The quantitative estimate of drug-likeness (QED) is 0.288. The second-order valence-corrected chi connectivity index (χ2v) is 7.37. The maximum absolute atomic E-state index is 4.39. The monoisotopic (exact) mass is 474 g/mol. The Morgan fingerprint density at radius 2 is 1.92 bits per heavy atom. The highest BCUT2D eigenvalue weighted by Crippen LogP contribution is 2.25. The van der Waals surface area contributed by atoms with Crippen LogP contribution < -0.4 is 10.6 Å². The fourth-order valence-electron chi connectivity index (χ4n) is 4.14. The predicted octanol–water partition coefficient (Wildman–Crippen LogP) is 2.85. The third-order valence-corrected chi connectivity index (χ3v) is 5.58. The fraction of sp³-hybridized carbons (Fsp3) is 0.789. The third-order valence-electron chi connectivity index (χ3n) is 5.58. The maximum atomic E-state index is 4.39. The molecular formula is C19H35IN6. The lowest BCUT2D eigenvalue weighted by Crippen LogP contribution is -2.48. The lowest BCUT2D eigenvalue weighted by molar-refractivity contribution is 0.123. The average molecular weight is 474 g/mol. The molecule has 2 aliphatic rings. The molecule has 2 N–H and O–H groups in total. The molecule has 0 spiro atoms. The summed E-state index contributed by atoms with van der Waals surface area (Å²) in [4.78, 5) is 7.13. The van der Waals surface area contributed by atoms with Crippen LogP contribution in [-0.4, -0.2) is 59.4 Å². The van der Waals surface area contributed by atoms with Gasteiger partial charge in [0.15, 0.2) is 5.96 Å². The zero-order valence-electron chi connectivity index (χ0n) is 16.1. The van der Waals surface area contributed by atoms with Crippen LogP contribution in [0.1, 0.15) is 51.4 Å². The first-order valence-corrected chi connectivity index (χ1v) is 10.0. The van der Waals surface area contributed by atoms with Gasteiger partial charge in [0, 0.05) is 44.6 Å². The number of rotatable bonds is 6. The van der Waals surface area contributed by atoms with Gasteiger partial charge >= 0.3 is 0 Å². The lowest BCUT2D eigenvalue weighted by Gasteiger charge is -2.39. The van der Waals surface area contributed by atoms with Gasteiger partial charge in [-0.3, -0.25) is 9.67 Å². The Morgan fingerprint density at radius 3 is 2.58 bits per heavy atom. The van der Waals surface area contributed by atoms with Crippen LogP contribution in [0.4, 0.5) is 0 Å². The number of aromatic nitrogens is 2. The molecule has 2 fully saturated rings. The van der Waals surface area contributed by atoms with Gasteiger partial charge in [0.05, 0.1) is 0 Å². The zero-order chi connectivity index (χ0) is 17.3. The summed E-state index contributed by atoms with van der Waals surface area (Å²) >= 11 is 0. The van der Waals surface area contributed by atoms with Gasteiger partial charge in [-0.25, -0.2) is 0 Å². The van der Waals surface area contributed by atoms with E-state index in [1.807, 2.05) is 30.2 Å². The molecule has 0 amide bonds. The molecule has 1 aliphatic heterocycles. The minimum Gasteiger partial charge on any atom is -0.356 e. The third kappa shape index (κ3) is 6.72. The van der Waals surface area contributed by atoms with E-state index in [1.165, 1.54) is 58.0 Å². The number of piperidine rings is 1. The summed E-state index contributed by atoms with van der Waals surface area (Å²) in [6.45, 7) is 4.51. The Kier molecular flexibility index (Phi) is 9.74. The Balaban J connectivity index is 0.00000243. The van der Waals surface area contributed by atoms with Crippen LogP contribution >= 0.6 is 24.0 Å². The highest BCUT2D eigenvalue weighted by atomic mass is 127. The first-order chi connectivity index (χ1) is 12.3. The van der Waals surface area contributed by atoms with Crippen LogP contribution in [0.2, 0.25) is 0 Å². The average Bonchev–Trinajstić information content (AvgIpc) is 3.19. The van der Waals surface area contributed by atoms with Crippen molar-refractivity contribution in [2.45, 2.75) is 70.0 Å². The van der Waals surface area contributed by atoms with Gasteiger partial charge in [-0.2, -0.15) is 5.10 Å². The molecule has 2 heterocycles. The molecule has 6 nitrogen and oxygen atoms in total. The molecule has 1 aromatic rings. The van der Waals surface area contributed by atoms with E-state index in [2.05, 4.69) is 25.6 Å². The zero-order valence-corrected chi connectivity index (χ0v) is 18.4. The summed E-state index contributed by atoms with van der Waals surface area (Å²) in [5, 5.41) is 11.3. The van der Waals surface area contributed by atoms with E-state index >= 15 is 0 Å². The van der Waals surface area contributed by atoms with Gasteiger partial charge in [0.25, 0.3) is 0 Å². The molecule has 0 atom stereocenters. The number of guanidine groups is 1. The second kappa shape index (κ2) is 11.8. The summed E-state index contributed by atoms with van der Waals surface area (Å²) in [5.74, 6) is 0.946. The lowest BCUT2D eigenvalue weighted by atomic mass is 9.89. The number of aliphatic imine (C=N–C) groups is 1. The van der Waals surface area contributed by atoms with E-state index < -0.39 is 0 Å². The highest BCUT2D eigenvalue weighted by Gasteiger charge is 2.26. The number of hydrogen-bond donors (Lipinski definition) is 2. The predicted molar refractivity (Wildman–Crippen MR) is 118 cm³/mol. The molecule has 7 heteroatoms. The molecular weight excluding hydrogens is 439 g/mol. The first kappa shape index (κ1) is 21.5. The molecule has 1 aromatic heterocycles. The van der Waals surface area contributed by atoms with Crippen molar-refractivity contribution >= 4 is 29.9 Å². The van der Waals surface area contributed by atoms with Gasteiger partial charge in [-0.15, -0.1) is 24.0 Å². The molecule has 0 aromatic carbocycles. The minimum absolute atomic E-state index is 0. The summed E-state index contributed by atoms with van der Waals surface area (Å²) in [6.07, 6.45) is 14.3. The van der Waals surface area contributed by atoms with Crippen molar-refractivity contribution in [2.24, 2.45) is 4.99 Å². The van der Waals surface area contributed by atoms with Crippen LogP contribution in [0.25, 0.3) is 0 Å². The summed E-state index contributed by atoms with van der Waals surface area (Å²) in [7, 11) is 1.86. The smallest absolute Gasteiger partial charge is 0.191 e. The van der Waals surface area contributed by atoms with Crippen molar-refractivity contribution in [1.82, 2.24) is 25.3 Å². The van der Waals surface area contributed by atoms with E-state index in [0.29, 0.717) is 6.04 Å².